The van der Waals surface area contributed by atoms with Crippen LogP contribution in [0, 0.1) is 18.8 Å². The Hall–Kier alpha value is -2.14. The van der Waals surface area contributed by atoms with Crippen molar-refractivity contribution in [2.24, 2.45) is 11.8 Å². The zero-order valence-electron chi connectivity index (χ0n) is 16.7. The third-order valence-electron chi connectivity index (χ3n) is 5.96. The van der Waals surface area contributed by atoms with Crippen LogP contribution in [0.25, 0.3) is 0 Å². The summed E-state index contributed by atoms with van der Waals surface area (Å²) < 4.78 is 2.19. The molecule has 0 saturated heterocycles. The first-order valence-electron chi connectivity index (χ1n) is 10.2. The number of aromatic nitrogens is 2. The SMILES string of the molecule is Cc1cnc2n1CC(C(=O)Nc1cccc3c1CN(CCC(C)C)C3)CC2. The highest BCUT2D eigenvalue weighted by atomic mass is 16.1. The van der Waals surface area contributed by atoms with Gasteiger partial charge in [-0.3, -0.25) is 9.69 Å². The molecule has 1 unspecified atom stereocenters. The van der Waals surface area contributed by atoms with E-state index in [0.717, 1.165) is 62.1 Å². The molecule has 2 aromatic rings. The Morgan fingerprint density at radius 3 is 3.00 bits per heavy atom. The number of imidazole rings is 1. The van der Waals surface area contributed by atoms with Gasteiger partial charge in [0.05, 0.1) is 5.92 Å². The van der Waals surface area contributed by atoms with E-state index in [4.69, 9.17) is 0 Å². The fraction of sp³-hybridized carbons (Fsp3) is 0.545. The van der Waals surface area contributed by atoms with Crippen molar-refractivity contribution in [3.05, 3.63) is 47.0 Å². The molecular weight excluding hydrogens is 336 g/mol. The van der Waals surface area contributed by atoms with E-state index in [-0.39, 0.29) is 11.8 Å². The van der Waals surface area contributed by atoms with E-state index in [2.05, 4.69) is 58.7 Å². The van der Waals surface area contributed by atoms with Gasteiger partial charge < -0.3 is 9.88 Å². The van der Waals surface area contributed by atoms with Gasteiger partial charge in [0.1, 0.15) is 5.82 Å². The number of rotatable bonds is 5. The van der Waals surface area contributed by atoms with Gasteiger partial charge in [-0.2, -0.15) is 0 Å². The van der Waals surface area contributed by atoms with Gasteiger partial charge in [0, 0.05) is 43.6 Å². The molecule has 1 N–H and O–H groups in total. The number of carbonyl (C=O) groups excluding carboxylic acids is 1. The molecule has 0 aliphatic carbocycles. The number of carbonyl (C=O) groups is 1. The molecular formula is C22H30N4O. The van der Waals surface area contributed by atoms with Crippen LogP contribution in [0.5, 0.6) is 0 Å². The number of amides is 1. The maximum atomic E-state index is 12.9. The lowest BCUT2D eigenvalue weighted by Crippen LogP contribution is -2.32. The molecule has 1 atom stereocenters. The van der Waals surface area contributed by atoms with Gasteiger partial charge in [-0.1, -0.05) is 26.0 Å². The summed E-state index contributed by atoms with van der Waals surface area (Å²) in [5, 5.41) is 3.24. The standard InChI is InChI=1S/C22H30N4O/c1-15(2)9-10-25-12-17-5-4-6-20(19(17)14-25)24-22(27)18-7-8-21-23-11-16(3)26(21)13-18/h4-6,11,15,18H,7-10,12-14H2,1-3H3,(H,24,27). The zero-order valence-corrected chi connectivity index (χ0v) is 16.7. The third kappa shape index (κ3) is 3.79. The van der Waals surface area contributed by atoms with E-state index >= 15 is 0 Å². The van der Waals surface area contributed by atoms with Gasteiger partial charge in [-0.25, -0.2) is 4.98 Å². The van der Waals surface area contributed by atoms with Gasteiger partial charge >= 0.3 is 0 Å². The fourth-order valence-corrected chi connectivity index (χ4v) is 4.23. The van der Waals surface area contributed by atoms with Crippen molar-refractivity contribution in [1.82, 2.24) is 14.5 Å². The molecule has 5 heteroatoms. The summed E-state index contributed by atoms with van der Waals surface area (Å²) in [6, 6.07) is 6.32. The Balaban J connectivity index is 1.43. The lowest BCUT2D eigenvalue weighted by atomic mass is 9.97. The average molecular weight is 367 g/mol. The van der Waals surface area contributed by atoms with Crippen LogP contribution in [0.1, 0.15) is 49.3 Å². The first kappa shape index (κ1) is 18.2. The molecule has 0 fully saturated rings. The smallest absolute Gasteiger partial charge is 0.229 e. The fourth-order valence-electron chi connectivity index (χ4n) is 4.23. The minimum atomic E-state index is 0.0136. The molecule has 0 bridgehead atoms. The molecule has 0 spiro atoms. The molecule has 1 aromatic carbocycles. The maximum Gasteiger partial charge on any atom is 0.229 e. The van der Waals surface area contributed by atoms with Gasteiger partial charge in [0.15, 0.2) is 0 Å². The molecule has 1 aromatic heterocycles. The van der Waals surface area contributed by atoms with Crippen LogP contribution in [-0.4, -0.2) is 26.9 Å². The Labute approximate surface area is 161 Å². The molecule has 1 amide bonds. The van der Waals surface area contributed by atoms with E-state index in [1.165, 1.54) is 17.5 Å². The number of hydrogen-bond donors (Lipinski definition) is 1. The van der Waals surface area contributed by atoms with Gasteiger partial charge in [0.2, 0.25) is 5.91 Å². The predicted molar refractivity (Wildman–Crippen MR) is 107 cm³/mol. The van der Waals surface area contributed by atoms with Crippen LogP contribution in [-0.2, 0) is 30.8 Å². The van der Waals surface area contributed by atoms with Crippen molar-refractivity contribution in [3.63, 3.8) is 0 Å². The quantitative estimate of drug-likeness (QED) is 0.877. The molecule has 144 valence electrons. The summed E-state index contributed by atoms with van der Waals surface area (Å²) in [6.45, 7) is 10.4. The van der Waals surface area contributed by atoms with Gasteiger partial charge in [-0.05, 0) is 49.4 Å². The van der Waals surface area contributed by atoms with Crippen LogP contribution >= 0.6 is 0 Å². The van der Waals surface area contributed by atoms with Crippen molar-refractivity contribution < 1.29 is 4.79 Å². The topological polar surface area (TPSA) is 50.2 Å². The van der Waals surface area contributed by atoms with E-state index in [1.807, 2.05) is 6.20 Å². The normalized spacial score (nSPS) is 19.2. The molecule has 0 saturated carbocycles. The van der Waals surface area contributed by atoms with E-state index in [9.17, 15) is 4.79 Å². The monoisotopic (exact) mass is 366 g/mol. The second kappa shape index (κ2) is 7.47. The van der Waals surface area contributed by atoms with Crippen LogP contribution in [0.15, 0.2) is 24.4 Å². The largest absolute Gasteiger partial charge is 0.332 e. The van der Waals surface area contributed by atoms with Gasteiger partial charge in [-0.15, -0.1) is 0 Å². The van der Waals surface area contributed by atoms with Crippen LogP contribution in [0.3, 0.4) is 0 Å². The maximum absolute atomic E-state index is 12.9. The summed E-state index contributed by atoms with van der Waals surface area (Å²) in [4.78, 5) is 19.9. The number of aryl methyl sites for hydroxylation is 2. The first-order chi connectivity index (χ1) is 13.0. The Kier molecular flexibility index (Phi) is 5.04. The number of nitrogens with one attached hydrogen (secondary N) is 1. The summed E-state index contributed by atoms with van der Waals surface area (Å²) in [5.74, 6) is 1.98. The third-order valence-corrected chi connectivity index (χ3v) is 5.96. The molecule has 0 radical (unpaired) electrons. The van der Waals surface area contributed by atoms with Crippen LogP contribution in [0.2, 0.25) is 0 Å². The molecule has 3 heterocycles. The second-order valence-electron chi connectivity index (χ2n) is 8.49. The summed E-state index contributed by atoms with van der Waals surface area (Å²) >= 11 is 0. The lowest BCUT2D eigenvalue weighted by molar-refractivity contribution is -0.120. The minimum Gasteiger partial charge on any atom is -0.332 e. The average Bonchev–Trinajstić information content (AvgIpc) is 3.24. The highest BCUT2D eigenvalue weighted by Gasteiger charge is 2.28. The summed E-state index contributed by atoms with van der Waals surface area (Å²) in [5.41, 5.74) is 4.79. The number of benzene rings is 1. The first-order valence-corrected chi connectivity index (χ1v) is 10.2. The van der Waals surface area contributed by atoms with Crippen LogP contribution in [0.4, 0.5) is 5.69 Å². The van der Waals surface area contributed by atoms with E-state index in [1.54, 1.807) is 0 Å². The minimum absolute atomic E-state index is 0.0136. The summed E-state index contributed by atoms with van der Waals surface area (Å²) in [6.07, 6.45) is 4.87. The lowest BCUT2D eigenvalue weighted by Gasteiger charge is -2.24. The van der Waals surface area contributed by atoms with Crippen LogP contribution < -0.4 is 5.32 Å². The number of nitrogens with zero attached hydrogens (tertiary/aromatic N) is 3. The number of anilines is 1. The van der Waals surface area contributed by atoms with Crippen molar-refractivity contribution >= 4 is 11.6 Å². The molecule has 2 aliphatic heterocycles. The molecule has 27 heavy (non-hydrogen) atoms. The number of hydrogen-bond acceptors (Lipinski definition) is 3. The van der Waals surface area contributed by atoms with Gasteiger partial charge in [0.25, 0.3) is 0 Å². The van der Waals surface area contributed by atoms with Crippen molar-refractivity contribution in [2.45, 2.75) is 59.7 Å². The molecule has 2 aliphatic rings. The Morgan fingerprint density at radius 1 is 1.33 bits per heavy atom. The number of fused-ring (bicyclic) bond motifs is 2. The predicted octanol–water partition coefficient (Wildman–Crippen LogP) is 3.75. The van der Waals surface area contributed by atoms with E-state index < -0.39 is 0 Å². The van der Waals surface area contributed by atoms with Crippen molar-refractivity contribution in [1.29, 1.82) is 0 Å². The van der Waals surface area contributed by atoms with Crippen molar-refractivity contribution in [2.75, 3.05) is 11.9 Å². The van der Waals surface area contributed by atoms with E-state index in [0.29, 0.717) is 0 Å². The zero-order chi connectivity index (χ0) is 19.0. The highest BCUT2D eigenvalue weighted by Crippen LogP contribution is 2.31. The van der Waals surface area contributed by atoms with Crippen molar-refractivity contribution in [3.8, 4) is 0 Å². The molecule has 5 nitrogen and oxygen atoms in total. The highest BCUT2D eigenvalue weighted by molar-refractivity contribution is 5.93. The second-order valence-corrected chi connectivity index (χ2v) is 8.49. The Morgan fingerprint density at radius 2 is 2.19 bits per heavy atom. The summed E-state index contributed by atoms with van der Waals surface area (Å²) in [7, 11) is 0. The Bertz CT molecular complexity index is 839. The molecule has 4 rings (SSSR count).